The maximum absolute atomic E-state index is 11.7. The molecule has 0 saturated heterocycles. The van der Waals surface area contributed by atoms with Crippen LogP contribution in [0.25, 0.3) is 0 Å². The van der Waals surface area contributed by atoms with Gasteiger partial charge in [-0.05, 0) is 6.07 Å². The van der Waals surface area contributed by atoms with E-state index in [0.29, 0.717) is 0 Å². The Hall–Kier alpha value is -1.41. The molecule has 0 saturated carbocycles. The topological polar surface area (TPSA) is 45.9 Å². The van der Waals surface area contributed by atoms with Gasteiger partial charge in [0.25, 0.3) is 0 Å². The van der Waals surface area contributed by atoms with E-state index in [1.54, 1.807) is 6.07 Å². The van der Waals surface area contributed by atoms with E-state index >= 15 is 0 Å². The van der Waals surface area contributed by atoms with Crippen LogP contribution in [-0.2, 0) is 0 Å². The minimum Gasteiger partial charge on any atom is -0.417 e. The molecule has 1 aromatic rings. The smallest absolute Gasteiger partial charge is 0.388 e. The summed E-state index contributed by atoms with van der Waals surface area (Å²) in [6, 6.07) is 4.02. The Kier molecular flexibility index (Phi) is 2.98. The number of rotatable bonds is 2. The number of hydrogen-bond acceptors (Lipinski definition) is 3. The Morgan fingerprint density at radius 3 is 2.77 bits per heavy atom. The van der Waals surface area contributed by atoms with Gasteiger partial charge in [0.2, 0.25) is 5.88 Å². The van der Waals surface area contributed by atoms with Gasteiger partial charge in [-0.1, -0.05) is 11.6 Å². The SMILES string of the molecule is N#Cc1cc(Cl)cc(OC(F)F)n1. The van der Waals surface area contributed by atoms with E-state index in [1.807, 2.05) is 0 Å². The van der Waals surface area contributed by atoms with Crippen molar-refractivity contribution in [1.82, 2.24) is 4.98 Å². The number of hydrogen-bond donors (Lipinski definition) is 0. The maximum Gasteiger partial charge on any atom is 0.388 e. The van der Waals surface area contributed by atoms with Gasteiger partial charge >= 0.3 is 6.61 Å². The lowest BCUT2D eigenvalue weighted by atomic mass is 10.4. The third-order valence-electron chi connectivity index (χ3n) is 1.09. The zero-order valence-electron chi connectivity index (χ0n) is 6.17. The fourth-order valence-electron chi connectivity index (χ4n) is 0.682. The number of nitrogens with zero attached hydrogens (tertiary/aromatic N) is 2. The Balaban J connectivity index is 2.96. The average Bonchev–Trinajstić information content (AvgIpc) is 2.01. The van der Waals surface area contributed by atoms with E-state index in [1.165, 1.54) is 6.07 Å². The van der Waals surface area contributed by atoms with Gasteiger partial charge in [-0.25, -0.2) is 4.98 Å². The third kappa shape index (κ3) is 2.84. The molecule has 1 heterocycles. The molecule has 0 radical (unpaired) electrons. The second kappa shape index (κ2) is 4.01. The minimum atomic E-state index is -2.97. The molecule has 0 atom stereocenters. The molecule has 0 aliphatic rings. The molecule has 13 heavy (non-hydrogen) atoms. The van der Waals surface area contributed by atoms with E-state index in [0.717, 1.165) is 6.07 Å². The summed E-state index contributed by atoms with van der Waals surface area (Å²) in [5.41, 5.74) is -0.0665. The van der Waals surface area contributed by atoms with E-state index in [2.05, 4.69) is 9.72 Å². The van der Waals surface area contributed by atoms with Gasteiger partial charge in [0.1, 0.15) is 11.8 Å². The first kappa shape index (κ1) is 9.68. The summed E-state index contributed by atoms with van der Waals surface area (Å²) in [5.74, 6) is -0.362. The van der Waals surface area contributed by atoms with Crippen molar-refractivity contribution in [2.75, 3.05) is 0 Å². The molecule has 0 fully saturated rings. The highest BCUT2D eigenvalue weighted by Gasteiger charge is 2.07. The third-order valence-corrected chi connectivity index (χ3v) is 1.31. The number of nitriles is 1. The number of alkyl halides is 2. The zero-order valence-corrected chi connectivity index (χ0v) is 6.92. The van der Waals surface area contributed by atoms with E-state index in [-0.39, 0.29) is 16.6 Å². The Labute approximate surface area is 77.5 Å². The quantitative estimate of drug-likeness (QED) is 0.742. The molecular formula is C7H3ClF2N2O. The number of ether oxygens (including phenoxy) is 1. The lowest BCUT2D eigenvalue weighted by Gasteiger charge is -2.02. The normalized spacial score (nSPS) is 9.77. The first-order valence-electron chi connectivity index (χ1n) is 3.14. The first-order valence-corrected chi connectivity index (χ1v) is 3.52. The van der Waals surface area contributed by atoms with Crippen LogP contribution < -0.4 is 4.74 Å². The molecule has 1 rings (SSSR count). The van der Waals surface area contributed by atoms with Gasteiger partial charge in [0, 0.05) is 11.1 Å². The summed E-state index contributed by atoms with van der Waals surface area (Å²) in [7, 11) is 0. The molecule has 3 nitrogen and oxygen atoms in total. The van der Waals surface area contributed by atoms with E-state index in [4.69, 9.17) is 16.9 Å². The summed E-state index contributed by atoms with van der Waals surface area (Å²) in [6.07, 6.45) is 0. The summed E-state index contributed by atoms with van der Waals surface area (Å²) in [4.78, 5) is 3.44. The molecule has 0 aliphatic heterocycles. The van der Waals surface area contributed by atoms with Crippen LogP contribution in [0.5, 0.6) is 5.88 Å². The van der Waals surface area contributed by atoms with Gasteiger partial charge in [-0.15, -0.1) is 0 Å². The van der Waals surface area contributed by atoms with Crippen molar-refractivity contribution in [1.29, 1.82) is 5.26 Å². The van der Waals surface area contributed by atoms with Crippen molar-refractivity contribution >= 4 is 11.6 Å². The number of aromatic nitrogens is 1. The Bertz CT molecular complexity index is 351. The lowest BCUT2D eigenvalue weighted by molar-refractivity contribution is -0.0528. The highest BCUT2D eigenvalue weighted by atomic mass is 35.5. The second-order valence-electron chi connectivity index (χ2n) is 2.00. The van der Waals surface area contributed by atoms with Crippen molar-refractivity contribution in [2.24, 2.45) is 0 Å². The largest absolute Gasteiger partial charge is 0.417 e. The predicted molar refractivity (Wildman–Crippen MR) is 40.6 cm³/mol. The van der Waals surface area contributed by atoms with Gasteiger partial charge in [0.05, 0.1) is 0 Å². The van der Waals surface area contributed by atoms with Crippen molar-refractivity contribution in [3.05, 3.63) is 22.8 Å². The molecule has 6 heteroatoms. The monoisotopic (exact) mass is 204 g/mol. The fourth-order valence-corrected chi connectivity index (χ4v) is 0.879. The number of pyridine rings is 1. The minimum absolute atomic E-state index is 0.0665. The van der Waals surface area contributed by atoms with Gasteiger partial charge in [-0.2, -0.15) is 14.0 Å². The molecule has 1 aromatic heterocycles. The van der Waals surface area contributed by atoms with Gasteiger partial charge < -0.3 is 4.74 Å². The highest BCUT2D eigenvalue weighted by molar-refractivity contribution is 6.30. The van der Waals surface area contributed by atoms with Crippen LogP contribution >= 0.6 is 11.6 Å². The van der Waals surface area contributed by atoms with E-state index in [9.17, 15) is 8.78 Å². The molecule has 68 valence electrons. The fraction of sp³-hybridized carbons (Fsp3) is 0.143. The van der Waals surface area contributed by atoms with Crippen LogP contribution in [-0.4, -0.2) is 11.6 Å². The zero-order chi connectivity index (χ0) is 9.84. The first-order chi connectivity index (χ1) is 6.11. The number of halogens is 3. The highest BCUT2D eigenvalue weighted by Crippen LogP contribution is 2.18. The standard InChI is InChI=1S/C7H3ClF2N2O/c8-4-1-5(3-11)12-6(2-4)13-7(9)10/h1-2,7H. The molecule has 0 aliphatic carbocycles. The van der Waals surface area contributed by atoms with Crippen LogP contribution in [0.4, 0.5) is 8.78 Å². The van der Waals surface area contributed by atoms with Crippen molar-refractivity contribution in [3.8, 4) is 11.9 Å². The summed E-state index contributed by atoms with van der Waals surface area (Å²) in [5, 5.41) is 8.53. The van der Waals surface area contributed by atoms with Crippen LogP contribution in [0.3, 0.4) is 0 Å². The van der Waals surface area contributed by atoms with Gasteiger partial charge in [0.15, 0.2) is 0 Å². The van der Waals surface area contributed by atoms with Crippen molar-refractivity contribution in [3.63, 3.8) is 0 Å². The Morgan fingerprint density at radius 2 is 2.23 bits per heavy atom. The van der Waals surface area contributed by atoms with Crippen molar-refractivity contribution in [2.45, 2.75) is 6.61 Å². The summed E-state index contributed by atoms with van der Waals surface area (Å²) >= 11 is 5.50. The lowest BCUT2D eigenvalue weighted by Crippen LogP contribution is -2.04. The van der Waals surface area contributed by atoms with Crippen LogP contribution in [0.2, 0.25) is 5.02 Å². The molecule has 0 unspecified atom stereocenters. The van der Waals surface area contributed by atoms with Crippen LogP contribution in [0, 0.1) is 11.3 Å². The molecular weight excluding hydrogens is 202 g/mol. The van der Waals surface area contributed by atoms with Crippen LogP contribution in [0.1, 0.15) is 5.69 Å². The molecule has 0 aromatic carbocycles. The Morgan fingerprint density at radius 1 is 1.54 bits per heavy atom. The average molecular weight is 205 g/mol. The molecule has 0 amide bonds. The van der Waals surface area contributed by atoms with E-state index < -0.39 is 6.61 Å². The van der Waals surface area contributed by atoms with Crippen LogP contribution in [0.15, 0.2) is 12.1 Å². The molecule has 0 bridgehead atoms. The van der Waals surface area contributed by atoms with Crippen molar-refractivity contribution < 1.29 is 13.5 Å². The van der Waals surface area contributed by atoms with Gasteiger partial charge in [-0.3, -0.25) is 0 Å². The maximum atomic E-state index is 11.7. The second-order valence-corrected chi connectivity index (χ2v) is 2.44. The predicted octanol–water partition coefficient (Wildman–Crippen LogP) is 2.21. The summed E-state index contributed by atoms with van der Waals surface area (Å²) in [6.45, 7) is -2.97. The summed E-state index contributed by atoms with van der Waals surface area (Å²) < 4.78 is 27.4. The molecule has 0 spiro atoms. The molecule has 0 N–H and O–H groups in total.